The van der Waals surface area contributed by atoms with Crippen LogP contribution >= 0.6 is 11.6 Å². The van der Waals surface area contributed by atoms with Crippen molar-refractivity contribution in [1.29, 1.82) is 0 Å². The number of fused-ring (bicyclic) bond motifs is 1. The minimum Gasteiger partial charge on any atom is -0.492 e. The highest BCUT2D eigenvalue weighted by Gasteiger charge is 2.32. The summed E-state index contributed by atoms with van der Waals surface area (Å²) in [6.07, 6.45) is 2.21. The van der Waals surface area contributed by atoms with E-state index in [4.69, 9.17) is 16.3 Å². The van der Waals surface area contributed by atoms with Crippen molar-refractivity contribution in [3.63, 3.8) is 0 Å². The second-order valence-electron chi connectivity index (χ2n) is 6.37. The van der Waals surface area contributed by atoms with Crippen LogP contribution in [0.1, 0.15) is 57.0 Å². The molecule has 2 rings (SSSR count). The predicted molar refractivity (Wildman–Crippen MR) is 77.6 cm³/mol. The van der Waals surface area contributed by atoms with Crippen LogP contribution in [0.2, 0.25) is 0 Å². The first-order valence-corrected chi connectivity index (χ1v) is 7.25. The van der Waals surface area contributed by atoms with Gasteiger partial charge in [-0.05, 0) is 36.5 Å². The summed E-state index contributed by atoms with van der Waals surface area (Å²) in [5.74, 6) is 1.73. The van der Waals surface area contributed by atoms with Gasteiger partial charge in [0.15, 0.2) is 0 Å². The molecule has 1 nitrogen and oxygen atoms in total. The smallest absolute Gasteiger partial charge is 0.123 e. The molecule has 0 amide bonds. The molecular formula is C16H23ClO. The Kier molecular flexibility index (Phi) is 3.91. The number of benzene rings is 1. The fraction of sp³-hybridized carbons (Fsp3) is 0.625. The van der Waals surface area contributed by atoms with Crippen molar-refractivity contribution < 1.29 is 4.74 Å². The summed E-state index contributed by atoms with van der Waals surface area (Å²) in [7, 11) is 0. The second kappa shape index (κ2) is 5.13. The van der Waals surface area contributed by atoms with Crippen LogP contribution in [-0.2, 0) is 5.41 Å². The monoisotopic (exact) mass is 266 g/mol. The number of halogens is 1. The zero-order chi connectivity index (χ0) is 13.3. The summed E-state index contributed by atoms with van der Waals surface area (Å²) in [6, 6.07) is 6.42. The topological polar surface area (TPSA) is 9.23 Å². The summed E-state index contributed by atoms with van der Waals surface area (Å²) >= 11 is 6.50. The largest absolute Gasteiger partial charge is 0.492 e. The third-order valence-electron chi connectivity index (χ3n) is 3.68. The minimum atomic E-state index is 0.111. The molecule has 0 N–H and O–H groups in total. The first kappa shape index (κ1) is 13.7. The molecule has 0 saturated heterocycles. The molecule has 0 fully saturated rings. The van der Waals surface area contributed by atoms with Crippen molar-refractivity contribution in [2.75, 3.05) is 6.61 Å². The Hall–Kier alpha value is -0.690. The van der Waals surface area contributed by atoms with Crippen LogP contribution in [0.15, 0.2) is 18.2 Å². The highest BCUT2D eigenvalue weighted by atomic mass is 35.5. The first-order valence-electron chi connectivity index (χ1n) is 6.81. The van der Waals surface area contributed by atoms with E-state index in [1.54, 1.807) is 0 Å². The van der Waals surface area contributed by atoms with Crippen LogP contribution in [0.3, 0.4) is 0 Å². The van der Waals surface area contributed by atoms with Crippen molar-refractivity contribution >= 4 is 11.6 Å². The van der Waals surface area contributed by atoms with E-state index in [-0.39, 0.29) is 10.8 Å². The van der Waals surface area contributed by atoms with Gasteiger partial charge in [-0.2, -0.15) is 0 Å². The van der Waals surface area contributed by atoms with E-state index in [1.807, 2.05) is 0 Å². The summed E-state index contributed by atoms with van der Waals surface area (Å²) in [4.78, 5) is 0. The normalized spacial score (nSPS) is 18.6. The molecule has 0 aromatic heterocycles. The van der Waals surface area contributed by atoms with Crippen LogP contribution in [0.25, 0.3) is 0 Å². The Bertz CT molecular complexity index is 423. The van der Waals surface area contributed by atoms with E-state index in [0.29, 0.717) is 5.92 Å². The molecule has 18 heavy (non-hydrogen) atoms. The predicted octanol–water partition coefficient (Wildman–Crippen LogP) is 5.07. The zero-order valence-corrected chi connectivity index (χ0v) is 12.6. The third kappa shape index (κ3) is 2.83. The number of alkyl halides is 1. The van der Waals surface area contributed by atoms with E-state index < -0.39 is 0 Å². The molecule has 1 aliphatic rings. The quantitative estimate of drug-likeness (QED) is 0.691. The zero-order valence-electron chi connectivity index (χ0n) is 11.8. The Morgan fingerprint density at radius 1 is 1.28 bits per heavy atom. The van der Waals surface area contributed by atoms with Gasteiger partial charge >= 0.3 is 0 Å². The van der Waals surface area contributed by atoms with Gasteiger partial charge < -0.3 is 4.74 Å². The Labute approximate surface area is 115 Å². The lowest BCUT2D eigenvalue weighted by molar-refractivity contribution is 0.291. The van der Waals surface area contributed by atoms with E-state index in [0.717, 1.165) is 18.8 Å². The molecule has 0 saturated carbocycles. The van der Waals surface area contributed by atoms with Crippen molar-refractivity contribution in [1.82, 2.24) is 0 Å². The first-order chi connectivity index (χ1) is 8.40. The van der Waals surface area contributed by atoms with Crippen LogP contribution in [0.5, 0.6) is 5.75 Å². The van der Waals surface area contributed by atoms with Crippen LogP contribution in [0, 0.1) is 5.92 Å². The van der Waals surface area contributed by atoms with Gasteiger partial charge in [0, 0.05) is 11.0 Å². The van der Waals surface area contributed by atoms with E-state index >= 15 is 0 Å². The van der Waals surface area contributed by atoms with Gasteiger partial charge in [0.05, 0.1) is 12.0 Å². The lowest BCUT2D eigenvalue weighted by Crippen LogP contribution is -2.18. The van der Waals surface area contributed by atoms with Gasteiger partial charge in [-0.3, -0.25) is 0 Å². The highest BCUT2D eigenvalue weighted by Crippen LogP contribution is 2.41. The number of rotatable bonds is 4. The van der Waals surface area contributed by atoms with Crippen molar-refractivity contribution in [3.05, 3.63) is 29.3 Å². The molecular weight excluding hydrogens is 244 g/mol. The number of hydrogen-bond donors (Lipinski definition) is 0. The SMILES string of the molecule is CC(C)CCC(Cl)c1ccc2c(c1)C(C)(C)CO2. The second-order valence-corrected chi connectivity index (χ2v) is 6.89. The molecule has 1 aromatic carbocycles. The molecule has 0 spiro atoms. The molecule has 1 aliphatic heterocycles. The summed E-state index contributed by atoms with van der Waals surface area (Å²) in [5.41, 5.74) is 2.64. The van der Waals surface area contributed by atoms with Crippen molar-refractivity contribution in [2.45, 2.75) is 51.3 Å². The average molecular weight is 267 g/mol. The standard InChI is InChI=1S/C16H23ClO/c1-11(2)5-7-14(17)12-6-8-15-13(9-12)16(3,4)10-18-15/h6,8-9,11,14H,5,7,10H2,1-4H3. The maximum absolute atomic E-state index is 6.50. The van der Waals surface area contributed by atoms with E-state index in [2.05, 4.69) is 45.9 Å². The van der Waals surface area contributed by atoms with Crippen LogP contribution in [-0.4, -0.2) is 6.61 Å². The van der Waals surface area contributed by atoms with Gasteiger partial charge in [-0.1, -0.05) is 33.8 Å². The van der Waals surface area contributed by atoms with Crippen molar-refractivity contribution in [3.8, 4) is 5.75 Å². The van der Waals surface area contributed by atoms with Crippen LogP contribution < -0.4 is 4.74 Å². The van der Waals surface area contributed by atoms with Crippen molar-refractivity contribution in [2.24, 2.45) is 5.92 Å². The maximum Gasteiger partial charge on any atom is 0.123 e. The van der Waals surface area contributed by atoms with Gasteiger partial charge in [-0.15, -0.1) is 11.6 Å². The van der Waals surface area contributed by atoms with Gasteiger partial charge in [-0.25, -0.2) is 0 Å². The fourth-order valence-electron chi connectivity index (χ4n) is 2.38. The number of ether oxygens (including phenoxy) is 1. The molecule has 1 atom stereocenters. The molecule has 1 aromatic rings. The van der Waals surface area contributed by atoms with Gasteiger partial charge in [0.25, 0.3) is 0 Å². The van der Waals surface area contributed by atoms with E-state index in [9.17, 15) is 0 Å². The Morgan fingerprint density at radius 2 is 2.00 bits per heavy atom. The molecule has 1 heterocycles. The lowest BCUT2D eigenvalue weighted by Gasteiger charge is -2.17. The van der Waals surface area contributed by atoms with Crippen LogP contribution in [0.4, 0.5) is 0 Å². The Balaban J connectivity index is 2.16. The number of hydrogen-bond acceptors (Lipinski definition) is 1. The minimum absolute atomic E-state index is 0.111. The molecule has 0 bridgehead atoms. The van der Waals surface area contributed by atoms with E-state index in [1.165, 1.54) is 17.5 Å². The lowest BCUT2D eigenvalue weighted by atomic mass is 9.85. The maximum atomic E-state index is 6.50. The molecule has 1 unspecified atom stereocenters. The van der Waals surface area contributed by atoms with Gasteiger partial charge in [0.1, 0.15) is 5.75 Å². The summed E-state index contributed by atoms with van der Waals surface area (Å²) < 4.78 is 5.70. The average Bonchev–Trinajstić information content (AvgIpc) is 2.62. The summed E-state index contributed by atoms with van der Waals surface area (Å²) in [6.45, 7) is 9.69. The summed E-state index contributed by atoms with van der Waals surface area (Å²) in [5, 5.41) is 0.120. The Morgan fingerprint density at radius 3 is 2.67 bits per heavy atom. The fourth-order valence-corrected chi connectivity index (χ4v) is 2.64. The highest BCUT2D eigenvalue weighted by molar-refractivity contribution is 6.20. The molecule has 0 aliphatic carbocycles. The third-order valence-corrected chi connectivity index (χ3v) is 4.15. The van der Waals surface area contributed by atoms with Gasteiger partial charge in [0.2, 0.25) is 0 Å². The molecule has 2 heteroatoms. The molecule has 0 radical (unpaired) electrons. The molecule has 100 valence electrons.